The molecular formula is C15H13F2NOS. The lowest BCUT2D eigenvalue weighted by atomic mass is 10.1. The lowest BCUT2D eigenvalue weighted by molar-refractivity contribution is 0.259. The predicted octanol–water partition coefficient (Wildman–Crippen LogP) is 3.64. The first-order valence-electron chi connectivity index (χ1n) is 6.25. The topological polar surface area (TPSA) is 35.2 Å². The summed E-state index contributed by atoms with van der Waals surface area (Å²) < 4.78 is 32.0. The van der Waals surface area contributed by atoms with E-state index < -0.39 is 0 Å². The van der Waals surface area contributed by atoms with Gasteiger partial charge in [-0.05, 0) is 36.4 Å². The lowest BCUT2D eigenvalue weighted by Gasteiger charge is -2.11. The molecule has 104 valence electrons. The summed E-state index contributed by atoms with van der Waals surface area (Å²) in [4.78, 5) is 0.704. The Morgan fingerprint density at radius 2 is 1.90 bits per heavy atom. The predicted molar refractivity (Wildman–Crippen MR) is 76.1 cm³/mol. The number of hydrogen-bond donors (Lipinski definition) is 1. The first-order valence-corrected chi connectivity index (χ1v) is 7.23. The molecule has 2 N–H and O–H groups in total. The Hall–Kier alpha value is -1.75. The molecule has 1 aliphatic rings. The number of ether oxygens (including phenoxy) is 1. The van der Waals surface area contributed by atoms with Crippen LogP contribution in [0.15, 0.2) is 41.3 Å². The van der Waals surface area contributed by atoms with Gasteiger partial charge in [-0.1, -0.05) is 0 Å². The van der Waals surface area contributed by atoms with E-state index in [-0.39, 0.29) is 17.7 Å². The van der Waals surface area contributed by atoms with Crippen LogP contribution in [0.3, 0.4) is 0 Å². The molecule has 0 spiro atoms. The fourth-order valence-corrected chi connectivity index (χ4v) is 3.18. The third-order valence-corrected chi connectivity index (χ3v) is 4.37. The van der Waals surface area contributed by atoms with Gasteiger partial charge in [0, 0.05) is 28.3 Å². The number of hydrogen-bond acceptors (Lipinski definition) is 3. The van der Waals surface area contributed by atoms with Crippen molar-refractivity contribution in [2.45, 2.75) is 17.4 Å². The van der Waals surface area contributed by atoms with Crippen LogP contribution in [0.2, 0.25) is 0 Å². The Balaban J connectivity index is 1.65. The lowest BCUT2D eigenvalue weighted by Crippen LogP contribution is -2.15. The molecule has 0 aromatic heterocycles. The molecule has 1 heterocycles. The van der Waals surface area contributed by atoms with Gasteiger partial charge in [0.25, 0.3) is 0 Å². The molecule has 0 fully saturated rings. The molecule has 20 heavy (non-hydrogen) atoms. The third kappa shape index (κ3) is 2.72. The largest absolute Gasteiger partial charge is 0.489 e. The van der Waals surface area contributed by atoms with Crippen LogP contribution in [0.5, 0.6) is 5.75 Å². The van der Waals surface area contributed by atoms with Gasteiger partial charge in [0.05, 0.1) is 0 Å². The van der Waals surface area contributed by atoms with E-state index in [1.165, 1.54) is 36.0 Å². The summed E-state index contributed by atoms with van der Waals surface area (Å²) in [5.41, 5.74) is 7.23. The summed E-state index contributed by atoms with van der Waals surface area (Å²) in [5.74, 6) is 0.808. The van der Waals surface area contributed by atoms with E-state index in [2.05, 4.69) is 0 Å². The standard InChI is InChI=1S/C15H13F2NOS/c16-10-2-4-14-9(5-10)6-12(19-14)8-20-15-7-11(17)1-3-13(15)18/h1-5,7,12H,6,8,18H2. The molecule has 2 aromatic carbocycles. The fourth-order valence-electron chi connectivity index (χ4n) is 2.20. The third-order valence-electron chi connectivity index (χ3n) is 3.16. The molecule has 0 amide bonds. The van der Waals surface area contributed by atoms with Crippen molar-refractivity contribution >= 4 is 17.4 Å². The zero-order valence-electron chi connectivity index (χ0n) is 10.6. The van der Waals surface area contributed by atoms with E-state index in [9.17, 15) is 8.78 Å². The minimum atomic E-state index is -0.306. The van der Waals surface area contributed by atoms with Gasteiger partial charge in [-0.3, -0.25) is 0 Å². The van der Waals surface area contributed by atoms with Gasteiger partial charge in [0.15, 0.2) is 0 Å². The van der Waals surface area contributed by atoms with Gasteiger partial charge in [0.1, 0.15) is 23.5 Å². The highest BCUT2D eigenvalue weighted by atomic mass is 32.2. The second-order valence-corrected chi connectivity index (χ2v) is 5.75. The summed E-state index contributed by atoms with van der Waals surface area (Å²) in [6.07, 6.45) is 0.620. The molecule has 0 saturated heterocycles. The van der Waals surface area contributed by atoms with Crippen LogP contribution >= 0.6 is 11.8 Å². The van der Waals surface area contributed by atoms with E-state index in [1.54, 1.807) is 12.1 Å². The van der Waals surface area contributed by atoms with E-state index >= 15 is 0 Å². The first-order chi connectivity index (χ1) is 9.61. The van der Waals surface area contributed by atoms with Crippen LogP contribution in [0.4, 0.5) is 14.5 Å². The Kier molecular flexibility index (Phi) is 3.53. The van der Waals surface area contributed by atoms with Gasteiger partial charge in [0.2, 0.25) is 0 Å². The van der Waals surface area contributed by atoms with Gasteiger partial charge in [-0.15, -0.1) is 11.8 Å². The number of fused-ring (bicyclic) bond motifs is 1. The molecule has 2 aromatic rings. The number of rotatable bonds is 3. The molecular weight excluding hydrogens is 280 g/mol. The van der Waals surface area contributed by atoms with Crippen molar-refractivity contribution in [3.8, 4) is 5.75 Å². The maximum atomic E-state index is 13.2. The summed E-state index contributed by atoms with van der Waals surface area (Å²) in [6, 6.07) is 8.84. The normalized spacial score (nSPS) is 16.8. The van der Waals surface area contributed by atoms with Gasteiger partial charge < -0.3 is 10.5 Å². The highest BCUT2D eigenvalue weighted by Gasteiger charge is 2.23. The highest BCUT2D eigenvalue weighted by Crippen LogP contribution is 2.33. The molecule has 2 nitrogen and oxygen atoms in total. The molecule has 5 heteroatoms. The number of nitrogen functional groups attached to an aromatic ring is 1. The van der Waals surface area contributed by atoms with Crippen LogP contribution < -0.4 is 10.5 Å². The smallest absolute Gasteiger partial charge is 0.124 e. The Bertz CT molecular complexity index is 648. The zero-order valence-corrected chi connectivity index (χ0v) is 11.4. The monoisotopic (exact) mass is 293 g/mol. The van der Waals surface area contributed by atoms with Crippen molar-refractivity contribution in [1.29, 1.82) is 0 Å². The molecule has 0 saturated carbocycles. The minimum Gasteiger partial charge on any atom is -0.489 e. The van der Waals surface area contributed by atoms with E-state index in [0.29, 0.717) is 22.8 Å². The van der Waals surface area contributed by atoms with Crippen molar-refractivity contribution in [3.05, 3.63) is 53.6 Å². The van der Waals surface area contributed by atoms with Crippen molar-refractivity contribution in [1.82, 2.24) is 0 Å². The number of thioether (sulfide) groups is 1. The second kappa shape index (κ2) is 5.32. The molecule has 0 aliphatic carbocycles. The number of halogens is 2. The molecule has 0 radical (unpaired) electrons. The summed E-state index contributed by atoms with van der Waals surface area (Å²) in [5, 5.41) is 0. The number of nitrogens with two attached hydrogens (primary N) is 1. The maximum absolute atomic E-state index is 13.2. The molecule has 1 aliphatic heterocycles. The van der Waals surface area contributed by atoms with Gasteiger partial charge in [-0.2, -0.15) is 0 Å². The van der Waals surface area contributed by atoms with Crippen LogP contribution in [-0.4, -0.2) is 11.9 Å². The zero-order chi connectivity index (χ0) is 14.1. The van der Waals surface area contributed by atoms with Crippen LogP contribution in [0, 0.1) is 11.6 Å². The average Bonchev–Trinajstić information content (AvgIpc) is 2.81. The van der Waals surface area contributed by atoms with E-state index in [0.717, 1.165) is 11.3 Å². The second-order valence-electron chi connectivity index (χ2n) is 4.69. The highest BCUT2D eigenvalue weighted by molar-refractivity contribution is 7.99. The van der Waals surface area contributed by atoms with Crippen molar-refractivity contribution < 1.29 is 13.5 Å². The average molecular weight is 293 g/mol. The van der Waals surface area contributed by atoms with Crippen LogP contribution in [0.25, 0.3) is 0 Å². The fraction of sp³-hybridized carbons (Fsp3) is 0.200. The quantitative estimate of drug-likeness (QED) is 0.693. The number of benzene rings is 2. The summed E-state index contributed by atoms with van der Waals surface area (Å²) in [6.45, 7) is 0. The molecule has 1 unspecified atom stereocenters. The molecule has 3 rings (SSSR count). The SMILES string of the molecule is Nc1ccc(F)cc1SCC1Cc2cc(F)ccc2O1. The van der Waals surface area contributed by atoms with Crippen molar-refractivity contribution in [2.75, 3.05) is 11.5 Å². The van der Waals surface area contributed by atoms with Crippen molar-refractivity contribution in [3.63, 3.8) is 0 Å². The van der Waals surface area contributed by atoms with E-state index in [4.69, 9.17) is 10.5 Å². The summed E-state index contributed by atoms with van der Waals surface area (Å²) >= 11 is 1.45. The van der Waals surface area contributed by atoms with Gasteiger partial charge >= 0.3 is 0 Å². The molecule has 1 atom stereocenters. The molecule has 0 bridgehead atoms. The van der Waals surface area contributed by atoms with Crippen LogP contribution in [-0.2, 0) is 6.42 Å². The minimum absolute atomic E-state index is 0.0422. The van der Waals surface area contributed by atoms with Crippen molar-refractivity contribution in [2.24, 2.45) is 0 Å². The van der Waals surface area contributed by atoms with E-state index in [1.807, 2.05) is 0 Å². The van der Waals surface area contributed by atoms with Gasteiger partial charge in [-0.25, -0.2) is 8.78 Å². The first kappa shape index (κ1) is 13.2. The summed E-state index contributed by atoms with van der Waals surface area (Å²) in [7, 11) is 0. The Labute approximate surface area is 119 Å². The van der Waals surface area contributed by atoms with Crippen LogP contribution in [0.1, 0.15) is 5.56 Å². The maximum Gasteiger partial charge on any atom is 0.124 e. The Morgan fingerprint density at radius 3 is 2.75 bits per heavy atom. The number of anilines is 1. The Morgan fingerprint density at radius 1 is 1.15 bits per heavy atom.